The summed E-state index contributed by atoms with van der Waals surface area (Å²) in [4.78, 5) is 12.6. The SMILES string of the molecule is CCOCCOc1cccc2oc(-c3cccc(Cl)c3)cc(=O)c12. The van der Waals surface area contributed by atoms with Gasteiger partial charge < -0.3 is 13.9 Å². The van der Waals surface area contributed by atoms with Crippen molar-refractivity contribution in [2.45, 2.75) is 6.92 Å². The average Bonchev–Trinajstić information content (AvgIpc) is 2.58. The lowest BCUT2D eigenvalue weighted by Crippen LogP contribution is -2.09. The van der Waals surface area contributed by atoms with Crippen LogP contribution >= 0.6 is 11.6 Å². The van der Waals surface area contributed by atoms with Crippen molar-refractivity contribution in [3.8, 4) is 17.1 Å². The van der Waals surface area contributed by atoms with Crippen molar-refractivity contribution in [3.63, 3.8) is 0 Å². The molecule has 0 aliphatic carbocycles. The fraction of sp³-hybridized carbons (Fsp3) is 0.211. The molecule has 0 saturated heterocycles. The van der Waals surface area contributed by atoms with Gasteiger partial charge in [0.05, 0.1) is 6.61 Å². The lowest BCUT2D eigenvalue weighted by atomic mass is 10.1. The van der Waals surface area contributed by atoms with Crippen LogP contribution in [0.15, 0.2) is 57.7 Å². The second-order valence-electron chi connectivity index (χ2n) is 5.16. The van der Waals surface area contributed by atoms with Crippen LogP contribution in [0.2, 0.25) is 5.02 Å². The highest BCUT2D eigenvalue weighted by molar-refractivity contribution is 6.30. The largest absolute Gasteiger partial charge is 0.490 e. The van der Waals surface area contributed by atoms with Crippen LogP contribution in [0.25, 0.3) is 22.3 Å². The van der Waals surface area contributed by atoms with Gasteiger partial charge in [-0.05, 0) is 31.2 Å². The zero-order valence-electron chi connectivity index (χ0n) is 13.3. The summed E-state index contributed by atoms with van der Waals surface area (Å²) in [7, 11) is 0. The lowest BCUT2D eigenvalue weighted by Gasteiger charge is -2.09. The van der Waals surface area contributed by atoms with E-state index in [0.717, 1.165) is 5.56 Å². The van der Waals surface area contributed by atoms with Crippen molar-refractivity contribution in [3.05, 3.63) is 63.8 Å². The molecular formula is C19H17ClO4. The predicted octanol–water partition coefficient (Wildman–Crippen LogP) is 4.53. The van der Waals surface area contributed by atoms with Gasteiger partial charge in [0.1, 0.15) is 29.1 Å². The molecule has 5 heteroatoms. The Labute approximate surface area is 144 Å². The van der Waals surface area contributed by atoms with E-state index in [0.29, 0.717) is 47.3 Å². The Bertz CT molecular complexity index is 901. The van der Waals surface area contributed by atoms with E-state index in [9.17, 15) is 4.79 Å². The number of ether oxygens (including phenoxy) is 2. The third-order valence-corrected chi connectivity index (χ3v) is 3.75. The minimum absolute atomic E-state index is 0.154. The first-order valence-corrected chi connectivity index (χ1v) is 8.10. The quantitative estimate of drug-likeness (QED) is 0.616. The topological polar surface area (TPSA) is 48.7 Å². The Balaban J connectivity index is 1.99. The average molecular weight is 345 g/mol. The third-order valence-electron chi connectivity index (χ3n) is 3.51. The molecule has 3 aromatic rings. The Hall–Kier alpha value is -2.30. The highest BCUT2D eigenvalue weighted by Gasteiger charge is 2.11. The van der Waals surface area contributed by atoms with Gasteiger partial charge >= 0.3 is 0 Å². The van der Waals surface area contributed by atoms with Gasteiger partial charge in [-0.2, -0.15) is 0 Å². The molecule has 0 fully saturated rings. The molecule has 0 saturated carbocycles. The molecule has 0 amide bonds. The summed E-state index contributed by atoms with van der Waals surface area (Å²) in [6.45, 7) is 3.40. The molecule has 0 atom stereocenters. The van der Waals surface area contributed by atoms with Gasteiger partial charge in [-0.1, -0.05) is 29.8 Å². The monoisotopic (exact) mass is 344 g/mol. The van der Waals surface area contributed by atoms with Crippen molar-refractivity contribution in [1.29, 1.82) is 0 Å². The molecule has 0 bridgehead atoms. The summed E-state index contributed by atoms with van der Waals surface area (Å²) in [5.74, 6) is 0.972. The summed E-state index contributed by atoms with van der Waals surface area (Å²) < 4.78 is 16.8. The molecule has 0 spiro atoms. The van der Waals surface area contributed by atoms with E-state index < -0.39 is 0 Å². The van der Waals surface area contributed by atoms with Crippen LogP contribution in [0.4, 0.5) is 0 Å². The fourth-order valence-electron chi connectivity index (χ4n) is 2.44. The van der Waals surface area contributed by atoms with Crippen LogP contribution < -0.4 is 10.2 Å². The van der Waals surface area contributed by atoms with Gasteiger partial charge in [-0.25, -0.2) is 0 Å². The molecule has 0 aliphatic rings. The van der Waals surface area contributed by atoms with Crippen LogP contribution in [0.1, 0.15) is 6.92 Å². The van der Waals surface area contributed by atoms with Crippen LogP contribution in [-0.2, 0) is 4.74 Å². The van der Waals surface area contributed by atoms with Crippen molar-refractivity contribution in [2.24, 2.45) is 0 Å². The molecule has 4 nitrogen and oxygen atoms in total. The molecule has 2 aromatic carbocycles. The molecule has 1 heterocycles. The summed E-state index contributed by atoms with van der Waals surface area (Å²) in [5, 5.41) is 1.02. The standard InChI is InChI=1S/C19H17ClO4/c1-2-22-9-10-23-16-7-4-8-17-19(16)15(21)12-18(24-17)13-5-3-6-14(20)11-13/h3-8,11-12H,2,9-10H2,1H3. The van der Waals surface area contributed by atoms with Crippen LogP contribution in [0.5, 0.6) is 5.75 Å². The van der Waals surface area contributed by atoms with E-state index in [-0.39, 0.29) is 5.43 Å². The second kappa shape index (κ2) is 7.51. The third kappa shape index (κ3) is 3.61. The summed E-state index contributed by atoms with van der Waals surface area (Å²) in [6.07, 6.45) is 0. The molecule has 24 heavy (non-hydrogen) atoms. The van der Waals surface area contributed by atoms with E-state index >= 15 is 0 Å². The van der Waals surface area contributed by atoms with Gasteiger partial charge in [0.2, 0.25) is 0 Å². The number of halogens is 1. The van der Waals surface area contributed by atoms with Gasteiger partial charge in [-0.3, -0.25) is 4.79 Å². The number of rotatable bonds is 6. The number of hydrogen-bond donors (Lipinski definition) is 0. The Morgan fingerprint density at radius 1 is 1.08 bits per heavy atom. The van der Waals surface area contributed by atoms with Crippen molar-refractivity contribution in [1.82, 2.24) is 0 Å². The number of hydrogen-bond acceptors (Lipinski definition) is 4. The van der Waals surface area contributed by atoms with E-state index in [1.165, 1.54) is 6.07 Å². The first-order valence-electron chi connectivity index (χ1n) is 7.72. The Morgan fingerprint density at radius 2 is 1.92 bits per heavy atom. The Kier molecular flexibility index (Phi) is 5.18. The minimum atomic E-state index is -0.154. The molecule has 0 unspecified atom stereocenters. The lowest BCUT2D eigenvalue weighted by molar-refractivity contribution is 0.110. The van der Waals surface area contributed by atoms with E-state index in [4.69, 9.17) is 25.5 Å². The minimum Gasteiger partial charge on any atom is -0.490 e. The molecule has 3 rings (SSSR count). The maximum atomic E-state index is 12.6. The Morgan fingerprint density at radius 3 is 2.71 bits per heavy atom. The molecule has 0 aliphatic heterocycles. The second-order valence-corrected chi connectivity index (χ2v) is 5.60. The van der Waals surface area contributed by atoms with Crippen molar-refractivity contribution in [2.75, 3.05) is 19.8 Å². The first-order chi connectivity index (χ1) is 11.7. The van der Waals surface area contributed by atoms with Crippen molar-refractivity contribution < 1.29 is 13.9 Å². The maximum Gasteiger partial charge on any atom is 0.197 e. The highest BCUT2D eigenvalue weighted by Crippen LogP contribution is 2.28. The molecular weight excluding hydrogens is 328 g/mol. The highest BCUT2D eigenvalue weighted by atomic mass is 35.5. The van der Waals surface area contributed by atoms with Crippen LogP contribution in [0, 0.1) is 0 Å². The molecule has 0 radical (unpaired) electrons. The van der Waals surface area contributed by atoms with Crippen LogP contribution in [0.3, 0.4) is 0 Å². The smallest absolute Gasteiger partial charge is 0.197 e. The van der Waals surface area contributed by atoms with E-state index in [1.807, 2.05) is 19.1 Å². The summed E-state index contributed by atoms with van der Waals surface area (Å²) in [6, 6.07) is 14.0. The number of benzene rings is 2. The van der Waals surface area contributed by atoms with Gasteiger partial charge in [0.25, 0.3) is 0 Å². The maximum absolute atomic E-state index is 12.6. The first kappa shape index (κ1) is 16.6. The number of fused-ring (bicyclic) bond motifs is 1. The molecule has 1 aromatic heterocycles. The zero-order chi connectivity index (χ0) is 16.9. The van der Waals surface area contributed by atoms with Gasteiger partial charge in [0, 0.05) is 23.3 Å². The zero-order valence-corrected chi connectivity index (χ0v) is 14.0. The van der Waals surface area contributed by atoms with Crippen molar-refractivity contribution >= 4 is 22.6 Å². The predicted molar refractivity (Wildman–Crippen MR) is 94.9 cm³/mol. The summed E-state index contributed by atoms with van der Waals surface area (Å²) >= 11 is 6.01. The van der Waals surface area contributed by atoms with Gasteiger partial charge in [-0.15, -0.1) is 0 Å². The normalized spacial score (nSPS) is 10.9. The molecule has 0 N–H and O–H groups in total. The fourth-order valence-corrected chi connectivity index (χ4v) is 2.63. The van der Waals surface area contributed by atoms with E-state index in [1.54, 1.807) is 30.3 Å². The summed E-state index contributed by atoms with van der Waals surface area (Å²) in [5.41, 5.74) is 1.08. The van der Waals surface area contributed by atoms with Crippen LogP contribution in [-0.4, -0.2) is 19.8 Å². The van der Waals surface area contributed by atoms with E-state index in [2.05, 4.69) is 0 Å². The van der Waals surface area contributed by atoms with Gasteiger partial charge in [0.15, 0.2) is 5.43 Å². The molecule has 124 valence electrons.